The van der Waals surface area contributed by atoms with E-state index in [1.165, 1.54) is 36.9 Å². The molecule has 1 fully saturated rings. The van der Waals surface area contributed by atoms with Gasteiger partial charge >= 0.3 is 6.09 Å². The molecule has 4 aromatic rings. The number of rotatable bonds is 7. The number of nitrogens with zero attached hydrogens (tertiary/aromatic N) is 5. The molecular weight excluding hydrogens is 565 g/mol. The summed E-state index contributed by atoms with van der Waals surface area (Å²) in [4.78, 5) is 43.9. The first kappa shape index (κ1) is 30.0. The number of halogens is 1. The number of methoxy groups -OCH3 is 1. The number of nitrogens with two attached hydrogens (primary N) is 1. The minimum Gasteiger partial charge on any atom is -0.453 e. The fraction of sp³-hybridized carbons (Fsp3) is 0.219. The van der Waals surface area contributed by atoms with Crippen LogP contribution < -0.4 is 16.6 Å². The van der Waals surface area contributed by atoms with E-state index >= 15 is 4.39 Å². The van der Waals surface area contributed by atoms with Gasteiger partial charge in [0, 0.05) is 67.2 Å². The van der Waals surface area contributed by atoms with E-state index in [0.29, 0.717) is 42.9 Å². The number of hydrogen-bond acceptors (Lipinski definition) is 6. The van der Waals surface area contributed by atoms with Crippen molar-refractivity contribution in [3.63, 3.8) is 0 Å². The van der Waals surface area contributed by atoms with Crippen molar-refractivity contribution >= 4 is 30.2 Å². The molecule has 2 amide bonds. The summed E-state index contributed by atoms with van der Waals surface area (Å²) in [7, 11) is 2.87. The van der Waals surface area contributed by atoms with Crippen LogP contribution in [-0.4, -0.2) is 65.9 Å². The first-order valence-electron chi connectivity index (χ1n) is 13.9. The van der Waals surface area contributed by atoms with Crippen molar-refractivity contribution in [2.45, 2.75) is 18.8 Å². The van der Waals surface area contributed by atoms with Crippen LogP contribution in [0.15, 0.2) is 87.8 Å². The first-order chi connectivity index (χ1) is 21.3. The number of piperidine rings is 1. The SMILES string of the molecule is C=Nn1c(C2CCN(C(=O)OC)CC2)cc(-c2ccc(NC(=O)c3cccn(-c4ccccc4)c3=O)cc2F)c1/C(N)=N\C. The summed E-state index contributed by atoms with van der Waals surface area (Å²) < 4.78 is 23.5. The highest BCUT2D eigenvalue weighted by molar-refractivity contribution is 6.05. The van der Waals surface area contributed by atoms with Gasteiger partial charge in [-0.1, -0.05) is 18.2 Å². The zero-order valence-electron chi connectivity index (χ0n) is 24.4. The molecule has 12 heteroatoms. The smallest absolute Gasteiger partial charge is 0.409 e. The number of likely N-dealkylation sites (tertiary alicyclic amines) is 1. The maximum atomic E-state index is 15.8. The summed E-state index contributed by atoms with van der Waals surface area (Å²) in [5, 5.41) is 6.80. The van der Waals surface area contributed by atoms with Gasteiger partial charge in [-0.2, -0.15) is 5.10 Å². The molecule has 0 aliphatic carbocycles. The quantitative estimate of drug-likeness (QED) is 0.240. The van der Waals surface area contributed by atoms with Crippen LogP contribution in [0.1, 0.15) is 40.5 Å². The topological polar surface area (TPSA) is 136 Å². The maximum Gasteiger partial charge on any atom is 0.409 e. The number of pyridine rings is 1. The number of nitrogens with one attached hydrogen (secondary N) is 1. The summed E-state index contributed by atoms with van der Waals surface area (Å²) in [6, 6.07) is 18.0. The Morgan fingerprint density at radius 2 is 1.77 bits per heavy atom. The minimum atomic E-state index is -0.668. The molecule has 1 saturated heterocycles. The van der Waals surface area contributed by atoms with Crippen molar-refractivity contribution in [1.82, 2.24) is 14.1 Å². The molecule has 3 N–H and O–H groups in total. The number of aromatic nitrogens is 2. The number of carbonyl (C=O) groups excluding carboxylic acids is 2. The monoisotopic (exact) mass is 597 g/mol. The Balaban J connectivity index is 1.44. The number of carbonyl (C=O) groups is 2. The van der Waals surface area contributed by atoms with Gasteiger partial charge in [-0.05, 0) is 61.4 Å². The lowest BCUT2D eigenvalue weighted by Gasteiger charge is -2.31. The fourth-order valence-electron chi connectivity index (χ4n) is 5.48. The lowest BCUT2D eigenvalue weighted by molar-refractivity contribution is 0.102. The van der Waals surface area contributed by atoms with E-state index in [2.05, 4.69) is 22.1 Å². The zero-order valence-corrected chi connectivity index (χ0v) is 24.4. The van der Waals surface area contributed by atoms with Crippen molar-refractivity contribution in [3.05, 3.63) is 106 Å². The number of para-hydroxylation sites is 1. The summed E-state index contributed by atoms with van der Waals surface area (Å²) >= 11 is 0. The number of benzene rings is 2. The number of amides is 2. The Labute approximate surface area is 253 Å². The molecule has 0 atom stereocenters. The predicted octanol–water partition coefficient (Wildman–Crippen LogP) is 4.44. The summed E-state index contributed by atoms with van der Waals surface area (Å²) in [6.45, 7) is 4.68. The molecule has 1 aliphatic rings. The Kier molecular flexibility index (Phi) is 8.70. The molecule has 2 aromatic heterocycles. The summed E-state index contributed by atoms with van der Waals surface area (Å²) in [5.74, 6) is -1.17. The van der Waals surface area contributed by atoms with E-state index in [1.54, 1.807) is 52.2 Å². The Bertz CT molecular complexity index is 1810. The molecule has 44 heavy (non-hydrogen) atoms. The number of anilines is 1. The van der Waals surface area contributed by atoms with Crippen LogP contribution in [-0.2, 0) is 4.74 Å². The Morgan fingerprint density at radius 1 is 1.05 bits per heavy atom. The minimum absolute atomic E-state index is 0.00834. The molecule has 0 saturated carbocycles. The van der Waals surface area contributed by atoms with Crippen LogP contribution >= 0.6 is 0 Å². The van der Waals surface area contributed by atoms with Crippen LogP contribution in [0.25, 0.3) is 16.8 Å². The van der Waals surface area contributed by atoms with Gasteiger partial charge in [-0.15, -0.1) is 0 Å². The molecule has 3 heterocycles. The largest absolute Gasteiger partial charge is 0.453 e. The number of hydrogen-bond donors (Lipinski definition) is 2. The molecule has 226 valence electrons. The molecule has 0 bridgehead atoms. The molecule has 11 nitrogen and oxygen atoms in total. The molecule has 2 aromatic carbocycles. The van der Waals surface area contributed by atoms with Gasteiger partial charge in [0.05, 0.1) is 7.11 Å². The third kappa shape index (κ3) is 5.74. The Morgan fingerprint density at radius 3 is 2.41 bits per heavy atom. The van der Waals surface area contributed by atoms with Crippen LogP contribution in [0.5, 0.6) is 0 Å². The predicted molar refractivity (Wildman–Crippen MR) is 167 cm³/mol. The molecule has 1 aliphatic heterocycles. The highest BCUT2D eigenvalue weighted by Gasteiger charge is 2.30. The van der Waals surface area contributed by atoms with Crippen LogP contribution in [0, 0.1) is 5.82 Å². The van der Waals surface area contributed by atoms with Crippen LogP contribution in [0.2, 0.25) is 0 Å². The van der Waals surface area contributed by atoms with Gasteiger partial charge in [-0.3, -0.25) is 19.1 Å². The van der Waals surface area contributed by atoms with Crippen molar-refractivity contribution in [1.29, 1.82) is 0 Å². The van der Waals surface area contributed by atoms with Gasteiger partial charge in [0.25, 0.3) is 11.5 Å². The van der Waals surface area contributed by atoms with E-state index in [-0.39, 0.29) is 34.7 Å². The van der Waals surface area contributed by atoms with Gasteiger partial charge in [-0.25, -0.2) is 13.9 Å². The highest BCUT2D eigenvalue weighted by Crippen LogP contribution is 2.37. The number of aliphatic imine (C=N–C) groups is 1. The maximum absolute atomic E-state index is 15.8. The van der Waals surface area contributed by atoms with E-state index in [9.17, 15) is 14.4 Å². The van der Waals surface area contributed by atoms with Gasteiger partial charge in [0.15, 0.2) is 0 Å². The van der Waals surface area contributed by atoms with Crippen molar-refractivity contribution in [3.8, 4) is 16.8 Å². The molecule has 0 unspecified atom stereocenters. The molecule has 0 spiro atoms. The van der Waals surface area contributed by atoms with Crippen molar-refractivity contribution in [2.24, 2.45) is 15.8 Å². The lowest BCUT2D eigenvalue weighted by atomic mass is 9.93. The second-order valence-electron chi connectivity index (χ2n) is 10.2. The van der Waals surface area contributed by atoms with E-state index in [1.807, 2.05) is 12.1 Å². The Hall–Kier alpha value is -5.52. The molecule has 5 rings (SSSR count). The van der Waals surface area contributed by atoms with Gasteiger partial charge < -0.3 is 20.7 Å². The number of ether oxygens (including phenoxy) is 1. The van der Waals surface area contributed by atoms with Crippen molar-refractivity contribution in [2.75, 3.05) is 32.6 Å². The third-order valence-corrected chi connectivity index (χ3v) is 7.72. The van der Waals surface area contributed by atoms with Crippen LogP contribution in [0.3, 0.4) is 0 Å². The number of amidine groups is 1. The van der Waals surface area contributed by atoms with Crippen molar-refractivity contribution < 1.29 is 18.7 Å². The highest BCUT2D eigenvalue weighted by atomic mass is 19.1. The second-order valence-corrected chi connectivity index (χ2v) is 10.2. The standard InChI is InChI=1S/C32H32FN7O4/c1-35-29(34)28-25(19-27(40(28)36-2)20-13-16-38(17-14-20)32(43)44-3)23-12-11-21(18-26(23)33)37-30(41)24-10-7-15-39(31(24)42)22-8-5-4-6-9-22/h4-12,15,18-20H,2,13-14,16-17H2,1,3H3,(H2,34,35)(H,37,41). The first-order valence-corrected chi connectivity index (χ1v) is 13.9. The molecule has 0 radical (unpaired) electrons. The fourth-order valence-corrected chi connectivity index (χ4v) is 5.48. The van der Waals surface area contributed by atoms with E-state index in [4.69, 9.17) is 10.5 Å². The average molecular weight is 598 g/mol. The van der Waals surface area contributed by atoms with E-state index < -0.39 is 17.3 Å². The zero-order chi connectivity index (χ0) is 31.4. The molecular formula is C32H32FN7O4. The van der Waals surface area contributed by atoms with Gasteiger partial charge in [0.2, 0.25) is 0 Å². The summed E-state index contributed by atoms with van der Waals surface area (Å²) in [6.07, 6.45) is 2.46. The van der Waals surface area contributed by atoms with Gasteiger partial charge in [0.1, 0.15) is 22.9 Å². The average Bonchev–Trinajstić information content (AvgIpc) is 3.44. The van der Waals surface area contributed by atoms with E-state index in [0.717, 1.165) is 5.69 Å². The third-order valence-electron chi connectivity index (χ3n) is 7.72. The lowest BCUT2D eigenvalue weighted by Crippen LogP contribution is -2.38. The normalized spacial score (nSPS) is 13.9. The summed E-state index contributed by atoms with van der Waals surface area (Å²) in [5.41, 5.74) is 8.27. The second kappa shape index (κ2) is 12.8. The van der Waals surface area contributed by atoms with Crippen LogP contribution in [0.4, 0.5) is 14.9 Å².